The molecule has 0 saturated carbocycles. The van der Waals surface area contributed by atoms with E-state index in [1.165, 1.54) is 0 Å². The summed E-state index contributed by atoms with van der Waals surface area (Å²) in [6.07, 6.45) is 0. The first-order chi connectivity index (χ1) is 6.66. The summed E-state index contributed by atoms with van der Waals surface area (Å²) in [6, 6.07) is 9.71. The van der Waals surface area contributed by atoms with E-state index in [0.29, 0.717) is 0 Å². The number of hydrogen-bond acceptors (Lipinski definition) is 1. The molecule has 0 saturated heterocycles. The first kappa shape index (κ1) is 9.28. The van der Waals surface area contributed by atoms with E-state index in [9.17, 15) is 0 Å². The summed E-state index contributed by atoms with van der Waals surface area (Å²) in [5.74, 6) is 0. The molecule has 0 atom stereocenters. The van der Waals surface area contributed by atoms with Crippen molar-refractivity contribution < 1.29 is 0 Å². The van der Waals surface area contributed by atoms with Gasteiger partial charge in [0, 0.05) is 10.7 Å². The number of aryl methyl sites for hydroxylation is 2. The first-order valence-corrected chi connectivity index (χ1v) is 4.84. The minimum atomic E-state index is 0.746. The predicted molar refractivity (Wildman–Crippen MR) is 58.0 cm³/mol. The molecule has 2 nitrogen and oxygen atoms in total. The zero-order chi connectivity index (χ0) is 10.1. The normalized spacial score (nSPS) is 10.5. The van der Waals surface area contributed by atoms with Crippen molar-refractivity contribution in [3.8, 4) is 5.69 Å². The van der Waals surface area contributed by atoms with Crippen LogP contribution in [0.1, 0.15) is 11.4 Å². The molecule has 1 heterocycles. The number of nitrogens with zero attached hydrogens (tertiary/aromatic N) is 2. The van der Waals surface area contributed by atoms with Gasteiger partial charge in [-0.2, -0.15) is 5.10 Å². The van der Waals surface area contributed by atoms with Crippen molar-refractivity contribution in [2.24, 2.45) is 0 Å². The van der Waals surface area contributed by atoms with Crippen LogP contribution in [0.25, 0.3) is 5.69 Å². The molecule has 72 valence electrons. The summed E-state index contributed by atoms with van der Waals surface area (Å²) in [4.78, 5) is 0. The Morgan fingerprint density at radius 2 is 1.79 bits per heavy atom. The quantitative estimate of drug-likeness (QED) is 0.701. The van der Waals surface area contributed by atoms with E-state index in [1.807, 2.05) is 42.8 Å². The van der Waals surface area contributed by atoms with Crippen molar-refractivity contribution in [1.29, 1.82) is 0 Å². The maximum atomic E-state index is 5.81. The third-order valence-corrected chi connectivity index (χ3v) is 2.33. The molecule has 0 aliphatic heterocycles. The third kappa shape index (κ3) is 1.66. The Morgan fingerprint density at radius 3 is 2.29 bits per heavy atom. The van der Waals surface area contributed by atoms with Gasteiger partial charge in [0.2, 0.25) is 0 Å². The van der Waals surface area contributed by atoms with Gasteiger partial charge < -0.3 is 0 Å². The van der Waals surface area contributed by atoms with Crippen LogP contribution in [-0.4, -0.2) is 9.78 Å². The van der Waals surface area contributed by atoms with Crippen molar-refractivity contribution in [1.82, 2.24) is 9.78 Å². The van der Waals surface area contributed by atoms with Crippen molar-refractivity contribution >= 4 is 11.6 Å². The fourth-order valence-corrected chi connectivity index (χ4v) is 1.60. The molecule has 3 heteroatoms. The maximum absolute atomic E-state index is 5.81. The second-order valence-electron chi connectivity index (χ2n) is 3.32. The lowest BCUT2D eigenvalue weighted by Gasteiger charge is -2.03. The predicted octanol–water partition coefficient (Wildman–Crippen LogP) is 3.14. The lowest BCUT2D eigenvalue weighted by atomic mass is 10.3. The van der Waals surface area contributed by atoms with Gasteiger partial charge in [0.15, 0.2) is 0 Å². The Bertz CT molecular complexity index is 443. The number of benzene rings is 1. The first-order valence-electron chi connectivity index (χ1n) is 4.46. The SMILES string of the molecule is Cc1cc(C)n(-c2ccc(Cl)cc2)n1. The number of rotatable bonds is 1. The van der Waals surface area contributed by atoms with Crippen LogP contribution in [0.15, 0.2) is 30.3 Å². The van der Waals surface area contributed by atoms with E-state index >= 15 is 0 Å². The number of aromatic nitrogens is 2. The molecule has 2 rings (SSSR count). The smallest absolute Gasteiger partial charge is 0.0649 e. The number of hydrogen-bond donors (Lipinski definition) is 0. The zero-order valence-electron chi connectivity index (χ0n) is 8.16. The molecule has 0 spiro atoms. The third-order valence-electron chi connectivity index (χ3n) is 2.08. The molecule has 0 unspecified atom stereocenters. The van der Waals surface area contributed by atoms with Crippen molar-refractivity contribution in [2.45, 2.75) is 13.8 Å². The summed E-state index contributed by atoms with van der Waals surface area (Å²) in [5, 5.41) is 5.13. The Kier molecular flexibility index (Phi) is 2.30. The van der Waals surface area contributed by atoms with Crippen LogP contribution in [0.3, 0.4) is 0 Å². The Balaban J connectivity index is 2.49. The lowest BCUT2D eigenvalue weighted by Crippen LogP contribution is -1.98. The minimum absolute atomic E-state index is 0.746. The second-order valence-corrected chi connectivity index (χ2v) is 3.75. The molecule has 0 aliphatic rings. The average molecular weight is 207 g/mol. The van der Waals surface area contributed by atoms with Crippen LogP contribution in [-0.2, 0) is 0 Å². The van der Waals surface area contributed by atoms with Crippen LogP contribution in [0.2, 0.25) is 5.02 Å². The molecule has 0 N–H and O–H groups in total. The topological polar surface area (TPSA) is 17.8 Å². The van der Waals surface area contributed by atoms with E-state index in [2.05, 4.69) is 11.2 Å². The van der Waals surface area contributed by atoms with Crippen LogP contribution >= 0.6 is 11.6 Å². The van der Waals surface area contributed by atoms with Gasteiger partial charge in [-0.15, -0.1) is 0 Å². The summed E-state index contributed by atoms with van der Waals surface area (Å²) in [6.45, 7) is 4.02. The molecule has 0 fully saturated rings. The summed E-state index contributed by atoms with van der Waals surface area (Å²) < 4.78 is 1.91. The highest BCUT2D eigenvalue weighted by atomic mass is 35.5. The van der Waals surface area contributed by atoms with Crippen LogP contribution in [0.5, 0.6) is 0 Å². The number of halogens is 1. The average Bonchev–Trinajstić information content (AvgIpc) is 2.47. The fourth-order valence-electron chi connectivity index (χ4n) is 1.47. The molecule has 0 radical (unpaired) electrons. The van der Waals surface area contributed by atoms with Gasteiger partial charge in [-0.1, -0.05) is 11.6 Å². The monoisotopic (exact) mass is 206 g/mol. The molecule has 0 aliphatic carbocycles. The largest absolute Gasteiger partial charge is 0.238 e. The molecular formula is C11H11ClN2. The summed E-state index contributed by atoms with van der Waals surface area (Å²) in [7, 11) is 0. The van der Waals surface area contributed by atoms with E-state index in [-0.39, 0.29) is 0 Å². The van der Waals surface area contributed by atoms with Crippen LogP contribution < -0.4 is 0 Å². The molecular weight excluding hydrogens is 196 g/mol. The van der Waals surface area contributed by atoms with E-state index < -0.39 is 0 Å². The van der Waals surface area contributed by atoms with Crippen molar-refractivity contribution in [3.63, 3.8) is 0 Å². The van der Waals surface area contributed by atoms with Gasteiger partial charge in [-0.25, -0.2) is 4.68 Å². The summed E-state index contributed by atoms with van der Waals surface area (Å²) >= 11 is 5.81. The van der Waals surface area contributed by atoms with Crippen LogP contribution in [0.4, 0.5) is 0 Å². The zero-order valence-corrected chi connectivity index (χ0v) is 8.92. The lowest BCUT2D eigenvalue weighted by molar-refractivity contribution is 0.834. The van der Waals surface area contributed by atoms with E-state index in [4.69, 9.17) is 11.6 Å². The molecule has 0 bridgehead atoms. The second kappa shape index (κ2) is 3.46. The van der Waals surface area contributed by atoms with Gasteiger partial charge in [0.05, 0.1) is 11.4 Å². The van der Waals surface area contributed by atoms with Crippen molar-refractivity contribution in [2.75, 3.05) is 0 Å². The standard InChI is InChI=1S/C11H11ClN2/c1-8-7-9(2)14(13-8)11-5-3-10(12)4-6-11/h3-7H,1-2H3. The Morgan fingerprint density at radius 1 is 1.14 bits per heavy atom. The summed E-state index contributed by atoms with van der Waals surface area (Å²) in [5.41, 5.74) is 3.20. The molecule has 14 heavy (non-hydrogen) atoms. The molecule has 1 aromatic heterocycles. The highest BCUT2D eigenvalue weighted by Crippen LogP contribution is 2.15. The fraction of sp³-hybridized carbons (Fsp3) is 0.182. The Hall–Kier alpha value is -1.28. The Labute approximate surface area is 88.1 Å². The van der Waals surface area contributed by atoms with E-state index in [1.54, 1.807) is 0 Å². The van der Waals surface area contributed by atoms with Crippen molar-refractivity contribution in [3.05, 3.63) is 46.7 Å². The maximum Gasteiger partial charge on any atom is 0.0649 e. The van der Waals surface area contributed by atoms with Gasteiger partial charge in [-0.3, -0.25) is 0 Å². The van der Waals surface area contributed by atoms with Gasteiger partial charge in [-0.05, 0) is 44.2 Å². The molecule has 2 aromatic rings. The molecule has 0 amide bonds. The molecule has 1 aromatic carbocycles. The van der Waals surface area contributed by atoms with Crippen LogP contribution in [0, 0.1) is 13.8 Å². The van der Waals surface area contributed by atoms with Gasteiger partial charge in [0.1, 0.15) is 0 Å². The van der Waals surface area contributed by atoms with Gasteiger partial charge >= 0.3 is 0 Å². The minimum Gasteiger partial charge on any atom is -0.238 e. The van der Waals surface area contributed by atoms with E-state index in [0.717, 1.165) is 22.1 Å². The van der Waals surface area contributed by atoms with Gasteiger partial charge in [0.25, 0.3) is 0 Å². The highest BCUT2D eigenvalue weighted by Gasteiger charge is 2.02. The highest BCUT2D eigenvalue weighted by molar-refractivity contribution is 6.30.